The molecule has 0 aromatic heterocycles. The quantitative estimate of drug-likeness (QED) is 0.833. The second-order valence-corrected chi connectivity index (χ2v) is 6.55. The standard InChI is InChI=1S/C14H20N2O3S/c1-3-14(4-2,11-20(16,17)18)10-19-13-7-5-12(9-15)6-8-13/h5-8H,3-4,10-11H2,1-2H3,(H2,16,17,18). The van der Waals surface area contributed by atoms with Crippen LogP contribution in [0.3, 0.4) is 0 Å². The van der Waals surface area contributed by atoms with Crippen molar-refractivity contribution in [1.82, 2.24) is 0 Å². The summed E-state index contributed by atoms with van der Waals surface area (Å²) in [6.45, 7) is 4.13. The number of nitrogens with zero attached hydrogens (tertiary/aromatic N) is 1. The lowest BCUT2D eigenvalue weighted by molar-refractivity contribution is 0.154. The van der Waals surface area contributed by atoms with Crippen LogP contribution >= 0.6 is 0 Å². The second kappa shape index (κ2) is 6.73. The molecule has 0 unspecified atom stereocenters. The van der Waals surface area contributed by atoms with Crippen molar-refractivity contribution >= 4 is 10.0 Å². The van der Waals surface area contributed by atoms with E-state index in [1.54, 1.807) is 24.3 Å². The Morgan fingerprint density at radius 2 is 1.80 bits per heavy atom. The van der Waals surface area contributed by atoms with E-state index in [2.05, 4.69) is 0 Å². The smallest absolute Gasteiger partial charge is 0.209 e. The van der Waals surface area contributed by atoms with E-state index in [1.807, 2.05) is 19.9 Å². The topological polar surface area (TPSA) is 93.2 Å². The van der Waals surface area contributed by atoms with Crippen molar-refractivity contribution < 1.29 is 13.2 Å². The van der Waals surface area contributed by atoms with Crippen LogP contribution in [-0.2, 0) is 10.0 Å². The van der Waals surface area contributed by atoms with E-state index in [0.29, 0.717) is 24.2 Å². The largest absolute Gasteiger partial charge is 0.493 e. The number of benzene rings is 1. The first-order valence-electron chi connectivity index (χ1n) is 6.47. The maximum absolute atomic E-state index is 11.3. The van der Waals surface area contributed by atoms with E-state index in [-0.39, 0.29) is 12.4 Å². The molecule has 0 atom stereocenters. The molecule has 0 aliphatic heterocycles. The Bertz CT molecular complexity index is 569. The fourth-order valence-electron chi connectivity index (χ4n) is 1.99. The number of hydrogen-bond donors (Lipinski definition) is 1. The van der Waals surface area contributed by atoms with Gasteiger partial charge in [0, 0.05) is 5.41 Å². The Hall–Kier alpha value is -1.58. The van der Waals surface area contributed by atoms with E-state index in [9.17, 15) is 8.42 Å². The molecule has 0 saturated heterocycles. The molecule has 0 amide bonds. The van der Waals surface area contributed by atoms with Crippen molar-refractivity contribution in [1.29, 1.82) is 5.26 Å². The highest BCUT2D eigenvalue weighted by Crippen LogP contribution is 2.29. The van der Waals surface area contributed by atoms with Gasteiger partial charge in [0.05, 0.1) is 24.0 Å². The second-order valence-electron chi connectivity index (χ2n) is 4.94. The van der Waals surface area contributed by atoms with Crippen LogP contribution in [0.5, 0.6) is 5.75 Å². The molecule has 110 valence electrons. The van der Waals surface area contributed by atoms with Crippen molar-refractivity contribution in [2.75, 3.05) is 12.4 Å². The first-order chi connectivity index (χ1) is 9.34. The summed E-state index contributed by atoms with van der Waals surface area (Å²) in [4.78, 5) is 0. The summed E-state index contributed by atoms with van der Waals surface area (Å²) in [6.07, 6.45) is 1.33. The molecule has 0 bridgehead atoms. The average Bonchev–Trinajstić information content (AvgIpc) is 2.43. The summed E-state index contributed by atoms with van der Waals surface area (Å²) in [6, 6.07) is 8.75. The minimum atomic E-state index is -3.54. The molecule has 0 spiro atoms. The molecule has 5 nitrogen and oxygen atoms in total. The van der Waals surface area contributed by atoms with Gasteiger partial charge in [0.15, 0.2) is 0 Å². The van der Waals surface area contributed by atoms with Gasteiger partial charge in [0.1, 0.15) is 5.75 Å². The molecule has 0 saturated carbocycles. The van der Waals surface area contributed by atoms with E-state index < -0.39 is 15.4 Å². The lowest BCUT2D eigenvalue weighted by Gasteiger charge is -2.30. The van der Waals surface area contributed by atoms with E-state index >= 15 is 0 Å². The van der Waals surface area contributed by atoms with Crippen molar-refractivity contribution in [2.24, 2.45) is 10.6 Å². The molecule has 1 aromatic carbocycles. The summed E-state index contributed by atoms with van der Waals surface area (Å²) in [5.41, 5.74) is 0.0701. The summed E-state index contributed by atoms with van der Waals surface area (Å²) in [5, 5.41) is 13.9. The van der Waals surface area contributed by atoms with Gasteiger partial charge in [-0.05, 0) is 37.1 Å². The maximum atomic E-state index is 11.3. The Balaban J connectivity index is 2.78. The number of nitriles is 1. The Labute approximate surface area is 120 Å². The third-order valence-corrected chi connectivity index (χ3v) is 4.55. The van der Waals surface area contributed by atoms with Crippen molar-refractivity contribution in [2.45, 2.75) is 26.7 Å². The first kappa shape index (κ1) is 16.5. The number of hydrogen-bond acceptors (Lipinski definition) is 4. The van der Waals surface area contributed by atoms with Gasteiger partial charge in [0.25, 0.3) is 0 Å². The predicted octanol–water partition coefficient (Wildman–Crippen LogP) is 2.03. The van der Waals surface area contributed by atoms with Crippen LogP contribution in [-0.4, -0.2) is 20.8 Å². The van der Waals surface area contributed by atoms with Crippen LogP contribution in [0.4, 0.5) is 0 Å². The molecular weight excluding hydrogens is 276 g/mol. The molecular formula is C14H20N2O3S. The normalized spacial score (nSPS) is 11.9. The van der Waals surface area contributed by atoms with Gasteiger partial charge in [-0.3, -0.25) is 0 Å². The lowest BCUT2D eigenvalue weighted by atomic mass is 9.85. The lowest BCUT2D eigenvalue weighted by Crippen LogP contribution is -2.37. The molecule has 0 aliphatic carbocycles. The van der Waals surface area contributed by atoms with Gasteiger partial charge in [-0.1, -0.05) is 13.8 Å². The van der Waals surface area contributed by atoms with Gasteiger partial charge in [-0.25, -0.2) is 13.6 Å². The minimum Gasteiger partial charge on any atom is -0.493 e. The fraction of sp³-hybridized carbons (Fsp3) is 0.500. The van der Waals surface area contributed by atoms with Crippen LogP contribution < -0.4 is 9.88 Å². The zero-order valence-corrected chi connectivity index (χ0v) is 12.6. The molecule has 1 rings (SSSR count). The monoisotopic (exact) mass is 296 g/mol. The third kappa shape index (κ3) is 4.83. The third-order valence-electron chi connectivity index (χ3n) is 3.54. The highest BCUT2D eigenvalue weighted by atomic mass is 32.2. The molecule has 0 heterocycles. The summed E-state index contributed by atoms with van der Waals surface area (Å²) < 4.78 is 28.4. The van der Waals surface area contributed by atoms with Gasteiger partial charge in [0.2, 0.25) is 10.0 Å². The maximum Gasteiger partial charge on any atom is 0.209 e. The van der Waals surface area contributed by atoms with E-state index in [4.69, 9.17) is 15.1 Å². The SMILES string of the molecule is CCC(CC)(COc1ccc(C#N)cc1)CS(N)(=O)=O. The average molecular weight is 296 g/mol. The number of primary sulfonamides is 1. The van der Waals surface area contributed by atoms with Gasteiger partial charge in [-0.15, -0.1) is 0 Å². The van der Waals surface area contributed by atoms with E-state index in [1.165, 1.54) is 0 Å². The van der Waals surface area contributed by atoms with Crippen LogP contribution in [0.25, 0.3) is 0 Å². The van der Waals surface area contributed by atoms with Crippen LogP contribution in [0.1, 0.15) is 32.3 Å². The van der Waals surface area contributed by atoms with E-state index in [0.717, 1.165) is 0 Å². The number of rotatable bonds is 7. The zero-order chi connectivity index (χ0) is 15.2. The summed E-state index contributed by atoms with van der Waals surface area (Å²) in [7, 11) is -3.54. The van der Waals surface area contributed by atoms with Gasteiger partial charge >= 0.3 is 0 Å². The molecule has 0 aliphatic rings. The Morgan fingerprint density at radius 1 is 1.25 bits per heavy atom. The van der Waals surface area contributed by atoms with Gasteiger partial charge in [-0.2, -0.15) is 5.26 Å². The number of nitrogens with two attached hydrogens (primary N) is 1. The van der Waals surface area contributed by atoms with Crippen LogP contribution in [0.15, 0.2) is 24.3 Å². The predicted molar refractivity (Wildman–Crippen MR) is 77.6 cm³/mol. The summed E-state index contributed by atoms with van der Waals surface area (Å²) in [5.74, 6) is 0.521. The highest BCUT2D eigenvalue weighted by Gasteiger charge is 2.32. The summed E-state index contributed by atoms with van der Waals surface area (Å²) >= 11 is 0. The highest BCUT2D eigenvalue weighted by molar-refractivity contribution is 7.89. The zero-order valence-electron chi connectivity index (χ0n) is 11.8. The Morgan fingerprint density at radius 3 is 2.20 bits per heavy atom. The minimum absolute atomic E-state index is 0.0940. The van der Waals surface area contributed by atoms with Gasteiger partial charge < -0.3 is 4.74 Å². The number of ether oxygens (including phenoxy) is 1. The van der Waals surface area contributed by atoms with Crippen LogP contribution in [0, 0.1) is 16.7 Å². The van der Waals surface area contributed by atoms with Crippen molar-refractivity contribution in [3.8, 4) is 11.8 Å². The molecule has 0 radical (unpaired) electrons. The van der Waals surface area contributed by atoms with Crippen LogP contribution in [0.2, 0.25) is 0 Å². The first-order valence-corrected chi connectivity index (χ1v) is 8.19. The molecule has 20 heavy (non-hydrogen) atoms. The molecule has 1 aromatic rings. The molecule has 2 N–H and O–H groups in total. The van der Waals surface area contributed by atoms with Crippen molar-refractivity contribution in [3.63, 3.8) is 0 Å². The van der Waals surface area contributed by atoms with Crippen molar-refractivity contribution in [3.05, 3.63) is 29.8 Å². The Kier molecular flexibility index (Phi) is 5.54. The fourth-order valence-corrected chi connectivity index (χ4v) is 3.33. The molecule has 6 heteroatoms. The number of sulfonamides is 1. The molecule has 0 fully saturated rings.